The molecule has 1 aromatic heterocycles. The maximum atomic E-state index is 5.96. The van der Waals surface area contributed by atoms with E-state index in [0.717, 1.165) is 28.0 Å². The maximum absolute atomic E-state index is 5.96. The zero-order chi connectivity index (χ0) is 12.7. The minimum absolute atomic E-state index is 0.835. The van der Waals surface area contributed by atoms with Gasteiger partial charge in [0, 0.05) is 27.8 Å². The second-order valence-corrected chi connectivity index (χ2v) is 4.85. The van der Waals surface area contributed by atoms with Crippen LogP contribution in [-0.4, -0.2) is 4.98 Å². The molecule has 0 aliphatic rings. The summed E-state index contributed by atoms with van der Waals surface area (Å²) in [4.78, 5) is 3.43. The second-order valence-electron chi connectivity index (χ2n) is 4.85. The Morgan fingerprint density at radius 2 is 1.78 bits per heavy atom. The predicted molar refractivity (Wildman–Crippen MR) is 77.6 cm³/mol. The van der Waals surface area contributed by atoms with E-state index in [1.807, 2.05) is 13.0 Å². The molecule has 2 aromatic carbocycles. The van der Waals surface area contributed by atoms with Crippen LogP contribution in [-0.2, 0) is 0 Å². The number of hydrogen-bond donors (Lipinski definition) is 2. The molecule has 0 fully saturated rings. The third kappa shape index (κ3) is 1.76. The lowest BCUT2D eigenvalue weighted by Crippen LogP contribution is -1.89. The van der Waals surface area contributed by atoms with Crippen LogP contribution in [0, 0.1) is 13.8 Å². The Morgan fingerprint density at radius 3 is 2.56 bits per heavy atom. The highest BCUT2D eigenvalue weighted by Crippen LogP contribution is 2.27. The fourth-order valence-electron chi connectivity index (χ4n) is 2.22. The van der Waals surface area contributed by atoms with Crippen LogP contribution in [0.25, 0.3) is 22.2 Å². The molecular weight excluding hydrogens is 220 g/mol. The summed E-state index contributed by atoms with van der Waals surface area (Å²) in [6.45, 7) is 4.13. The smallest absolute Gasteiger partial charge is 0.0465 e. The first kappa shape index (κ1) is 10.9. The summed E-state index contributed by atoms with van der Waals surface area (Å²) >= 11 is 0. The first-order chi connectivity index (χ1) is 8.63. The third-order valence-corrected chi connectivity index (χ3v) is 3.37. The number of nitrogen functional groups attached to an aromatic ring is 1. The topological polar surface area (TPSA) is 41.8 Å². The lowest BCUT2D eigenvalue weighted by atomic mass is 10.1. The molecular formula is C16H16N2. The maximum Gasteiger partial charge on any atom is 0.0465 e. The molecule has 0 aliphatic carbocycles. The third-order valence-electron chi connectivity index (χ3n) is 3.37. The van der Waals surface area contributed by atoms with Gasteiger partial charge in [-0.1, -0.05) is 23.8 Å². The lowest BCUT2D eigenvalue weighted by Gasteiger charge is -2.02. The van der Waals surface area contributed by atoms with Crippen molar-refractivity contribution >= 4 is 16.6 Å². The Balaban J connectivity index is 2.16. The molecule has 3 rings (SSSR count). The molecule has 0 atom stereocenters. The molecule has 0 saturated carbocycles. The Hall–Kier alpha value is -2.22. The summed E-state index contributed by atoms with van der Waals surface area (Å²) in [6.07, 6.45) is 0. The van der Waals surface area contributed by atoms with Gasteiger partial charge in [0.1, 0.15) is 0 Å². The second kappa shape index (κ2) is 3.91. The van der Waals surface area contributed by atoms with Gasteiger partial charge in [-0.2, -0.15) is 0 Å². The zero-order valence-corrected chi connectivity index (χ0v) is 10.6. The number of anilines is 1. The van der Waals surface area contributed by atoms with Gasteiger partial charge in [-0.3, -0.25) is 0 Å². The number of H-pyrrole nitrogens is 1. The van der Waals surface area contributed by atoms with Crippen molar-refractivity contribution in [3.8, 4) is 11.3 Å². The van der Waals surface area contributed by atoms with E-state index < -0.39 is 0 Å². The quantitative estimate of drug-likeness (QED) is 0.615. The van der Waals surface area contributed by atoms with E-state index in [0.29, 0.717) is 0 Å². The minimum Gasteiger partial charge on any atom is -0.398 e. The lowest BCUT2D eigenvalue weighted by molar-refractivity contribution is 1.42. The van der Waals surface area contributed by atoms with Crippen LogP contribution >= 0.6 is 0 Å². The van der Waals surface area contributed by atoms with Crippen LogP contribution in [0.1, 0.15) is 11.1 Å². The van der Waals surface area contributed by atoms with Crippen molar-refractivity contribution < 1.29 is 0 Å². The number of aromatic amines is 1. The Morgan fingerprint density at radius 1 is 0.944 bits per heavy atom. The molecule has 0 saturated heterocycles. The van der Waals surface area contributed by atoms with Crippen LogP contribution in [0.5, 0.6) is 0 Å². The number of hydrogen-bond acceptors (Lipinski definition) is 1. The standard InChI is InChI=1S/C16H16N2/c1-10-3-6-15-13(7-10)9-16(18-15)12-5-4-11(2)14(17)8-12/h3-9,18H,17H2,1-2H3. The first-order valence-electron chi connectivity index (χ1n) is 6.09. The zero-order valence-electron chi connectivity index (χ0n) is 10.6. The van der Waals surface area contributed by atoms with Crippen LogP contribution < -0.4 is 5.73 Å². The Labute approximate surface area is 106 Å². The molecule has 0 aliphatic heterocycles. The van der Waals surface area contributed by atoms with Crippen molar-refractivity contribution in [2.24, 2.45) is 0 Å². The van der Waals surface area contributed by atoms with Gasteiger partial charge in [0.2, 0.25) is 0 Å². The van der Waals surface area contributed by atoms with Crippen molar-refractivity contribution in [3.05, 3.63) is 53.6 Å². The van der Waals surface area contributed by atoms with Gasteiger partial charge in [-0.15, -0.1) is 0 Å². The largest absolute Gasteiger partial charge is 0.398 e. The average molecular weight is 236 g/mol. The Bertz CT molecular complexity index is 723. The van der Waals surface area contributed by atoms with Crippen molar-refractivity contribution in [3.63, 3.8) is 0 Å². The number of fused-ring (bicyclic) bond motifs is 1. The van der Waals surface area contributed by atoms with Gasteiger partial charge < -0.3 is 10.7 Å². The summed E-state index contributed by atoms with van der Waals surface area (Å²) in [7, 11) is 0. The summed E-state index contributed by atoms with van der Waals surface area (Å²) in [5.41, 5.74) is 12.6. The van der Waals surface area contributed by atoms with E-state index >= 15 is 0 Å². The molecule has 90 valence electrons. The van der Waals surface area contributed by atoms with E-state index in [-0.39, 0.29) is 0 Å². The molecule has 0 radical (unpaired) electrons. The van der Waals surface area contributed by atoms with Crippen molar-refractivity contribution in [2.75, 3.05) is 5.73 Å². The highest BCUT2D eigenvalue weighted by molar-refractivity contribution is 5.86. The molecule has 2 nitrogen and oxygen atoms in total. The van der Waals surface area contributed by atoms with Gasteiger partial charge in [0.25, 0.3) is 0 Å². The molecule has 1 heterocycles. The van der Waals surface area contributed by atoms with Crippen molar-refractivity contribution in [1.82, 2.24) is 4.98 Å². The van der Waals surface area contributed by atoms with Gasteiger partial charge >= 0.3 is 0 Å². The molecule has 3 aromatic rings. The van der Waals surface area contributed by atoms with Crippen LogP contribution in [0.3, 0.4) is 0 Å². The van der Waals surface area contributed by atoms with Crippen molar-refractivity contribution in [1.29, 1.82) is 0 Å². The Kier molecular flexibility index (Phi) is 2.37. The fourth-order valence-corrected chi connectivity index (χ4v) is 2.22. The molecule has 2 heteroatoms. The van der Waals surface area contributed by atoms with E-state index in [9.17, 15) is 0 Å². The fraction of sp³-hybridized carbons (Fsp3) is 0.125. The summed E-state index contributed by atoms with van der Waals surface area (Å²) in [6, 6.07) is 14.8. The summed E-state index contributed by atoms with van der Waals surface area (Å²) in [5.74, 6) is 0. The minimum atomic E-state index is 0.835. The number of benzene rings is 2. The predicted octanol–water partition coefficient (Wildman–Crippen LogP) is 4.03. The van der Waals surface area contributed by atoms with E-state index in [4.69, 9.17) is 5.73 Å². The first-order valence-corrected chi connectivity index (χ1v) is 6.09. The SMILES string of the molecule is Cc1ccc2[nH]c(-c3ccc(C)c(N)c3)cc2c1. The van der Waals surface area contributed by atoms with Crippen LogP contribution in [0.15, 0.2) is 42.5 Å². The van der Waals surface area contributed by atoms with E-state index in [2.05, 4.69) is 48.3 Å². The monoisotopic (exact) mass is 236 g/mol. The number of nitrogens with two attached hydrogens (primary N) is 1. The number of rotatable bonds is 1. The van der Waals surface area contributed by atoms with E-state index in [1.165, 1.54) is 10.9 Å². The number of aryl methyl sites for hydroxylation is 2. The normalized spacial score (nSPS) is 11.0. The van der Waals surface area contributed by atoms with E-state index in [1.54, 1.807) is 0 Å². The summed E-state index contributed by atoms with van der Waals surface area (Å²) < 4.78 is 0. The molecule has 0 spiro atoms. The van der Waals surface area contributed by atoms with Gasteiger partial charge in [0.05, 0.1) is 0 Å². The molecule has 0 bridgehead atoms. The van der Waals surface area contributed by atoms with Crippen molar-refractivity contribution in [2.45, 2.75) is 13.8 Å². The van der Waals surface area contributed by atoms with Gasteiger partial charge in [0.15, 0.2) is 0 Å². The highest BCUT2D eigenvalue weighted by atomic mass is 14.7. The van der Waals surface area contributed by atoms with Gasteiger partial charge in [-0.25, -0.2) is 0 Å². The van der Waals surface area contributed by atoms with Crippen LogP contribution in [0.4, 0.5) is 5.69 Å². The molecule has 3 N–H and O–H groups in total. The van der Waals surface area contributed by atoms with Crippen LogP contribution in [0.2, 0.25) is 0 Å². The summed E-state index contributed by atoms with van der Waals surface area (Å²) in [5, 5.41) is 1.24. The average Bonchev–Trinajstić information content (AvgIpc) is 2.75. The molecule has 18 heavy (non-hydrogen) atoms. The number of nitrogens with one attached hydrogen (secondary N) is 1. The highest BCUT2D eigenvalue weighted by Gasteiger charge is 2.04. The number of aromatic nitrogens is 1. The van der Waals surface area contributed by atoms with Gasteiger partial charge in [-0.05, 0) is 43.7 Å². The molecule has 0 unspecified atom stereocenters. The molecule has 0 amide bonds.